The molecule has 0 bridgehead atoms. The fraction of sp³-hybridized carbons (Fsp3) is 0.531. The maximum atomic E-state index is 14.6. The number of aromatic amines is 1. The topological polar surface area (TPSA) is 312 Å². The lowest BCUT2D eigenvalue weighted by atomic mass is 9.84. The van der Waals surface area contributed by atoms with E-state index in [1.165, 1.54) is 11.8 Å². The molecule has 2 aliphatic heterocycles. The molecule has 7 amide bonds. The third-order valence-corrected chi connectivity index (χ3v) is 12.6. The SMILES string of the molecule is CC(=O)N[C@@H](Cc1ccccc1)C(=O)N[C@H]1CCCNC(=O)[C@H](CCCN=C(N)N)NC(=O)[C@H](Cc2c[nH]c3ccccc23)NC(=O)[C@@H](CC2CCCCC2)NC(=O)[C@@H]2CCCN2C1=O.CC(=O)O. The van der Waals surface area contributed by atoms with Gasteiger partial charge < -0.3 is 58.4 Å². The number of benzene rings is 2. The Hall–Kier alpha value is -6.99. The molecule has 69 heavy (non-hydrogen) atoms. The molecule has 1 aromatic heterocycles. The summed E-state index contributed by atoms with van der Waals surface area (Å²) in [5.41, 5.74) is 13.5. The van der Waals surface area contributed by atoms with E-state index in [9.17, 15) is 33.6 Å². The monoisotopic (exact) mass is 956 g/mol. The Bertz CT molecular complexity index is 2270. The minimum Gasteiger partial charge on any atom is -0.481 e. The molecule has 3 fully saturated rings. The predicted molar refractivity (Wildman–Crippen MR) is 259 cm³/mol. The lowest BCUT2D eigenvalue weighted by molar-refractivity contribution is -0.142. The maximum Gasteiger partial charge on any atom is 0.300 e. The molecule has 374 valence electrons. The van der Waals surface area contributed by atoms with Gasteiger partial charge in [-0.3, -0.25) is 43.3 Å². The molecule has 12 N–H and O–H groups in total. The lowest BCUT2D eigenvalue weighted by Gasteiger charge is -2.32. The molecule has 2 aromatic carbocycles. The summed E-state index contributed by atoms with van der Waals surface area (Å²) in [6, 6.07) is 10.5. The Labute approximate surface area is 402 Å². The van der Waals surface area contributed by atoms with Crippen molar-refractivity contribution in [2.45, 2.75) is 140 Å². The first-order valence-corrected chi connectivity index (χ1v) is 24.0. The van der Waals surface area contributed by atoms with E-state index >= 15 is 0 Å². The molecule has 6 rings (SSSR count). The molecule has 1 aliphatic carbocycles. The number of hydrogen-bond acceptors (Lipinski definition) is 9. The number of para-hydroxylation sites is 1. The number of aliphatic carboxylic acids is 1. The van der Waals surface area contributed by atoms with Gasteiger partial charge in [-0.2, -0.15) is 0 Å². The molecule has 0 spiro atoms. The number of carbonyl (C=O) groups is 8. The van der Waals surface area contributed by atoms with E-state index in [1.54, 1.807) is 6.20 Å². The largest absolute Gasteiger partial charge is 0.481 e. The number of amides is 7. The van der Waals surface area contributed by atoms with E-state index in [-0.39, 0.29) is 63.6 Å². The van der Waals surface area contributed by atoms with Crippen LogP contribution < -0.4 is 43.4 Å². The number of aromatic nitrogens is 1. The van der Waals surface area contributed by atoms with E-state index in [1.807, 2.05) is 54.6 Å². The van der Waals surface area contributed by atoms with Crippen LogP contribution in [-0.2, 0) is 51.2 Å². The van der Waals surface area contributed by atoms with Gasteiger partial charge in [-0.05, 0) is 68.1 Å². The number of carbonyl (C=O) groups excluding carboxylic acids is 7. The summed E-state index contributed by atoms with van der Waals surface area (Å²) in [7, 11) is 0. The van der Waals surface area contributed by atoms with E-state index in [4.69, 9.17) is 21.4 Å². The van der Waals surface area contributed by atoms with Crippen molar-refractivity contribution in [1.82, 2.24) is 41.8 Å². The number of aliphatic imine (C=N–C) groups is 1. The number of nitrogens with two attached hydrogens (primary N) is 2. The first kappa shape index (κ1) is 53.0. The van der Waals surface area contributed by atoms with Crippen LogP contribution in [0.25, 0.3) is 10.9 Å². The van der Waals surface area contributed by atoms with Gasteiger partial charge >= 0.3 is 0 Å². The minimum absolute atomic E-state index is 0.0696. The summed E-state index contributed by atoms with van der Waals surface area (Å²) >= 11 is 0. The van der Waals surface area contributed by atoms with Gasteiger partial charge in [0.2, 0.25) is 41.4 Å². The van der Waals surface area contributed by atoms with Crippen LogP contribution in [0.1, 0.15) is 102 Å². The summed E-state index contributed by atoms with van der Waals surface area (Å²) in [6.07, 6.45) is 8.88. The van der Waals surface area contributed by atoms with Gasteiger partial charge in [-0.15, -0.1) is 0 Å². The number of fused-ring (bicyclic) bond motifs is 2. The molecule has 0 radical (unpaired) electrons. The van der Waals surface area contributed by atoms with Crippen LogP contribution >= 0.6 is 0 Å². The molecule has 6 atom stereocenters. The number of carboxylic acid groups (broad SMARTS) is 1. The number of H-pyrrole nitrogens is 1. The second-order valence-electron chi connectivity index (χ2n) is 18.1. The molecule has 0 unspecified atom stereocenters. The highest BCUT2D eigenvalue weighted by Gasteiger charge is 2.40. The quantitative estimate of drug-likeness (QED) is 0.0664. The zero-order valence-electron chi connectivity index (χ0n) is 39.6. The smallest absolute Gasteiger partial charge is 0.300 e. The number of nitrogens with zero attached hydrogens (tertiary/aromatic N) is 2. The standard InChI is InChI=1S/C47H65N11O7.C2H4O2/c1-29(59)53-37(25-30-13-4-2-5-14-30)42(61)55-36-20-11-22-50-41(60)35(19-10-23-51-47(48)49)54-44(63)39(27-32-28-52-34-18-9-8-17-33(32)34)56-43(62)38(26-31-15-6-3-7-16-31)57-45(64)40-21-12-24-58(40)46(36)65;1-2(3)4/h2,4-5,8-9,13-14,17-18,28,31,35-40,52H,3,6-7,10-12,15-16,19-27H2,1H3,(H,50,60)(H,53,59)(H,54,63)(H,55,61)(H,56,62)(H,57,64)(H4,48,49,51);1H3,(H,3,4)/t35-,36-,37-,38+,39-,40-;/m0./s1. The van der Waals surface area contributed by atoms with Crippen LogP contribution in [0.4, 0.5) is 0 Å². The second kappa shape index (κ2) is 26.5. The number of guanidine groups is 1. The van der Waals surface area contributed by atoms with Crippen molar-refractivity contribution >= 4 is 64.2 Å². The van der Waals surface area contributed by atoms with E-state index in [0.29, 0.717) is 25.7 Å². The molecule has 3 heterocycles. The van der Waals surface area contributed by atoms with Crippen molar-refractivity contribution < 1.29 is 43.5 Å². The normalized spacial score (nSPS) is 22.4. The Morgan fingerprint density at radius 2 is 1.46 bits per heavy atom. The highest BCUT2D eigenvalue weighted by Crippen LogP contribution is 2.28. The van der Waals surface area contributed by atoms with Crippen LogP contribution in [0.2, 0.25) is 0 Å². The number of carboxylic acids is 1. The van der Waals surface area contributed by atoms with E-state index in [2.05, 4.69) is 41.9 Å². The molecule has 20 heteroatoms. The zero-order valence-corrected chi connectivity index (χ0v) is 39.6. The number of hydrogen-bond donors (Lipinski definition) is 10. The summed E-state index contributed by atoms with van der Waals surface area (Å²) in [5, 5.41) is 25.6. The Morgan fingerprint density at radius 1 is 0.797 bits per heavy atom. The second-order valence-corrected chi connectivity index (χ2v) is 18.1. The summed E-state index contributed by atoms with van der Waals surface area (Å²) in [6.45, 7) is 2.91. The maximum absolute atomic E-state index is 14.6. The fourth-order valence-corrected chi connectivity index (χ4v) is 9.28. The molecule has 3 aromatic rings. The number of nitrogens with one attached hydrogen (secondary N) is 7. The van der Waals surface area contributed by atoms with Gasteiger partial charge in [-0.1, -0.05) is 80.6 Å². The minimum atomic E-state index is -1.14. The van der Waals surface area contributed by atoms with Gasteiger partial charge in [0.05, 0.1) is 0 Å². The first-order valence-electron chi connectivity index (χ1n) is 24.0. The molecule has 1 saturated carbocycles. The average molecular weight is 956 g/mol. The lowest BCUT2D eigenvalue weighted by Crippen LogP contribution is -2.60. The average Bonchev–Trinajstić information content (AvgIpc) is 3.98. The third kappa shape index (κ3) is 16.6. The van der Waals surface area contributed by atoms with Crippen LogP contribution in [-0.4, -0.2) is 124 Å². The summed E-state index contributed by atoms with van der Waals surface area (Å²) < 4.78 is 0. The number of rotatable bonds is 13. The van der Waals surface area contributed by atoms with Gasteiger partial charge in [0.1, 0.15) is 36.3 Å². The van der Waals surface area contributed by atoms with Crippen molar-refractivity contribution in [3.8, 4) is 0 Å². The highest BCUT2D eigenvalue weighted by atomic mass is 16.4. The molecule has 3 aliphatic rings. The molecule has 20 nitrogen and oxygen atoms in total. The fourth-order valence-electron chi connectivity index (χ4n) is 9.28. The van der Waals surface area contributed by atoms with Crippen molar-refractivity contribution in [2.24, 2.45) is 22.4 Å². The first-order chi connectivity index (χ1) is 33.1. The van der Waals surface area contributed by atoms with Gasteiger partial charge in [0, 0.05) is 63.4 Å². The Kier molecular flexibility index (Phi) is 20.4. The van der Waals surface area contributed by atoms with Gasteiger partial charge in [-0.25, -0.2) is 0 Å². The molecular formula is C49H69N11O9. The van der Waals surface area contributed by atoms with Crippen molar-refractivity contribution in [3.63, 3.8) is 0 Å². The van der Waals surface area contributed by atoms with Gasteiger partial charge in [0.25, 0.3) is 5.97 Å². The van der Waals surface area contributed by atoms with Crippen LogP contribution in [0, 0.1) is 5.92 Å². The Morgan fingerprint density at radius 3 is 2.17 bits per heavy atom. The predicted octanol–water partition coefficient (Wildman–Crippen LogP) is 1.41. The highest BCUT2D eigenvalue weighted by molar-refractivity contribution is 5.98. The van der Waals surface area contributed by atoms with E-state index in [0.717, 1.165) is 61.1 Å². The zero-order chi connectivity index (χ0) is 49.9. The van der Waals surface area contributed by atoms with Crippen LogP contribution in [0.3, 0.4) is 0 Å². The third-order valence-electron chi connectivity index (χ3n) is 12.6. The van der Waals surface area contributed by atoms with Crippen molar-refractivity contribution in [1.29, 1.82) is 0 Å². The van der Waals surface area contributed by atoms with Crippen LogP contribution in [0.5, 0.6) is 0 Å². The van der Waals surface area contributed by atoms with Crippen molar-refractivity contribution in [3.05, 3.63) is 71.9 Å². The molecular weight excluding hydrogens is 887 g/mol. The molecule has 2 saturated heterocycles. The summed E-state index contributed by atoms with van der Waals surface area (Å²) in [5.74, 6) is -4.42. The summed E-state index contributed by atoms with van der Waals surface area (Å²) in [4.78, 5) is 116. The van der Waals surface area contributed by atoms with Gasteiger partial charge in [0.15, 0.2) is 5.96 Å². The van der Waals surface area contributed by atoms with E-state index < -0.39 is 83.6 Å². The Balaban J connectivity index is 0.00000213. The van der Waals surface area contributed by atoms with Crippen LogP contribution in [0.15, 0.2) is 65.8 Å². The van der Waals surface area contributed by atoms with Crippen molar-refractivity contribution in [2.75, 3.05) is 19.6 Å².